The van der Waals surface area contributed by atoms with Gasteiger partial charge >= 0.3 is 0 Å². The molecule has 0 saturated heterocycles. The molecule has 0 aromatic heterocycles. The van der Waals surface area contributed by atoms with Crippen LogP contribution in [0.25, 0.3) is 0 Å². The van der Waals surface area contributed by atoms with E-state index in [1.807, 2.05) is 30.3 Å². The summed E-state index contributed by atoms with van der Waals surface area (Å²) >= 11 is 0. The Hall–Kier alpha value is -4.00. The van der Waals surface area contributed by atoms with Crippen LogP contribution in [0.15, 0.2) is 66.7 Å². The molecule has 7 heteroatoms. The van der Waals surface area contributed by atoms with E-state index in [-0.39, 0.29) is 18.6 Å². The predicted octanol–water partition coefficient (Wildman–Crippen LogP) is 3.74. The quantitative estimate of drug-likeness (QED) is 0.714. The maximum atomic E-state index is 12.6. The first-order valence-corrected chi connectivity index (χ1v) is 9.05. The summed E-state index contributed by atoms with van der Waals surface area (Å²) in [4.78, 5) is 25.0. The van der Waals surface area contributed by atoms with Crippen LogP contribution in [0.3, 0.4) is 0 Å². The van der Waals surface area contributed by atoms with Gasteiger partial charge in [-0.15, -0.1) is 0 Å². The molecular weight excluding hydrogens is 372 g/mol. The zero-order chi connectivity index (χ0) is 19.8. The second-order valence-corrected chi connectivity index (χ2v) is 6.63. The molecule has 0 fully saturated rings. The monoisotopic (exact) mass is 388 g/mol. The molecule has 0 radical (unpaired) electrons. The Morgan fingerprint density at radius 3 is 2.59 bits per heavy atom. The van der Waals surface area contributed by atoms with Crippen LogP contribution < -0.4 is 24.8 Å². The van der Waals surface area contributed by atoms with Crippen LogP contribution in [-0.2, 0) is 4.79 Å². The number of amides is 2. The van der Waals surface area contributed by atoms with Crippen molar-refractivity contribution in [3.05, 3.63) is 77.9 Å². The zero-order valence-corrected chi connectivity index (χ0v) is 15.2. The molecule has 0 bridgehead atoms. The van der Waals surface area contributed by atoms with Gasteiger partial charge in [0.25, 0.3) is 11.8 Å². The molecule has 1 unspecified atom stereocenters. The van der Waals surface area contributed by atoms with Gasteiger partial charge in [0.05, 0.1) is 5.69 Å². The van der Waals surface area contributed by atoms with Gasteiger partial charge in [-0.3, -0.25) is 9.59 Å². The third-order valence-corrected chi connectivity index (χ3v) is 4.72. The number of fused-ring (bicyclic) bond motifs is 2. The maximum absolute atomic E-state index is 12.6. The van der Waals surface area contributed by atoms with E-state index in [4.69, 9.17) is 14.2 Å². The number of anilines is 2. The lowest BCUT2D eigenvalue weighted by atomic mass is 10.1. The lowest BCUT2D eigenvalue weighted by Gasteiger charge is -2.26. The molecule has 2 N–H and O–H groups in total. The van der Waals surface area contributed by atoms with Crippen LogP contribution in [0.1, 0.15) is 22.0 Å². The molecule has 2 aliphatic rings. The molecule has 0 aliphatic carbocycles. The number of carbonyl (C=O) groups is 2. The van der Waals surface area contributed by atoms with Crippen molar-refractivity contribution in [2.24, 2.45) is 0 Å². The Bertz CT molecular complexity index is 1110. The summed E-state index contributed by atoms with van der Waals surface area (Å²) in [6.45, 7) is 0.148. The van der Waals surface area contributed by atoms with Crippen molar-refractivity contribution in [1.29, 1.82) is 0 Å². The average Bonchev–Trinajstić information content (AvgIpc) is 3.21. The highest BCUT2D eigenvalue weighted by Gasteiger charge is 2.29. The third-order valence-electron chi connectivity index (χ3n) is 4.72. The van der Waals surface area contributed by atoms with Gasteiger partial charge in [0.15, 0.2) is 11.5 Å². The third kappa shape index (κ3) is 3.23. The molecule has 3 aromatic rings. The van der Waals surface area contributed by atoms with Crippen molar-refractivity contribution in [3.63, 3.8) is 0 Å². The van der Waals surface area contributed by atoms with Gasteiger partial charge in [0.1, 0.15) is 5.75 Å². The van der Waals surface area contributed by atoms with E-state index in [1.165, 1.54) is 0 Å². The second kappa shape index (κ2) is 6.87. The van der Waals surface area contributed by atoms with E-state index in [0.717, 1.165) is 5.56 Å². The first-order valence-electron chi connectivity index (χ1n) is 9.05. The van der Waals surface area contributed by atoms with E-state index < -0.39 is 6.10 Å². The normalized spacial score (nSPS) is 16.4. The number of rotatable bonds is 3. The predicted molar refractivity (Wildman–Crippen MR) is 105 cm³/mol. The largest absolute Gasteiger partial charge is 0.474 e. The number of ether oxygens (including phenoxy) is 3. The molecule has 1 atom stereocenters. The van der Waals surface area contributed by atoms with Crippen molar-refractivity contribution in [2.45, 2.75) is 6.10 Å². The Morgan fingerprint density at radius 2 is 1.72 bits per heavy atom. The first-order chi connectivity index (χ1) is 14.2. The fourth-order valence-corrected chi connectivity index (χ4v) is 3.28. The van der Waals surface area contributed by atoms with Crippen LogP contribution in [-0.4, -0.2) is 18.6 Å². The summed E-state index contributed by atoms with van der Waals surface area (Å²) in [5, 5.41) is 5.66. The molecule has 3 aromatic carbocycles. The van der Waals surface area contributed by atoms with Gasteiger partial charge in [-0.1, -0.05) is 30.3 Å². The SMILES string of the molecule is O=C(Nc1ccc2c(c1)NC(=O)C(c1ccccc1)O2)c1ccc2c(c1)OCO2. The van der Waals surface area contributed by atoms with Crippen molar-refractivity contribution in [2.75, 3.05) is 17.4 Å². The molecule has 5 rings (SSSR count). The van der Waals surface area contributed by atoms with Gasteiger partial charge < -0.3 is 24.8 Å². The van der Waals surface area contributed by atoms with E-state index in [0.29, 0.717) is 34.2 Å². The van der Waals surface area contributed by atoms with Crippen molar-refractivity contribution in [1.82, 2.24) is 0 Å². The minimum Gasteiger partial charge on any atom is -0.474 e. The van der Waals surface area contributed by atoms with Crippen LogP contribution in [0.4, 0.5) is 11.4 Å². The van der Waals surface area contributed by atoms with Crippen molar-refractivity contribution in [3.8, 4) is 17.2 Å². The summed E-state index contributed by atoms with van der Waals surface area (Å²) in [7, 11) is 0. The lowest BCUT2D eigenvalue weighted by molar-refractivity contribution is -0.123. The summed E-state index contributed by atoms with van der Waals surface area (Å²) in [6.07, 6.45) is -0.710. The number of hydrogen-bond donors (Lipinski definition) is 2. The number of carbonyl (C=O) groups excluding carboxylic acids is 2. The van der Waals surface area contributed by atoms with Gasteiger partial charge in [-0.25, -0.2) is 0 Å². The number of hydrogen-bond acceptors (Lipinski definition) is 5. The molecule has 7 nitrogen and oxygen atoms in total. The molecule has 29 heavy (non-hydrogen) atoms. The number of nitrogens with one attached hydrogen (secondary N) is 2. The van der Waals surface area contributed by atoms with E-state index in [1.54, 1.807) is 36.4 Å². The van der Waals surface area contributed by atoms with Crippen LogP contribution >= 0.6 is 0 Å². The molecule has 0 saturated carbocycles. The topological polar surface area (TPSA) is 85.9 Å². The van der Waals surface area contributed by atoms with Gasteiger partial charge in [-0.05, 0) is 36.4 Å². The lowest BCUT2D eigenvalue weighted by Crippen LogP contribution is -2.30. The average molecular weight is 388 g/mol. The Kier molecular flexibility index (Phi) is 4.05. The van der Waals surface area contributed by atoms with Gasteiger partial charge in [0, 0.05) is 16.8 Å². The summed E-state index contributed by atoms with van der Waals surface area (Å²) in [5.41, 5.74) is 2.26. The van der Waals surface area contributed by atoms with E-state index in [2.05, 4.69) is 10.6 Å². The fourth-order valence-electron chi connectivity index (χ4n) is 3.28. The summed E-state index contributed by atoms with van der Waals surface area (Å²) in [6, 6.07) is 19.4. The summed E-state index contributed by atoms with van der Waals surface area (Å²) in [5.74, 6) is 1.13. The van der Waals surface area contributed by atoms with E-state index >= 15 is 0 Å². The summed E-state index contributed by atoms with van der Waals surface area (Å²) < 4.78 is 16.4. The molecule has 2 aliphatic heterocycles. The number of benzene rings is 3. The van der Waals surface area contributed by atoms with Gasteiger partial charge in [-0.2, -0.15) is 0 Å². The fraction of sp³-hybridized carbons (Fsp3) is 0.0909. The highest BCUT2D eigenvalue weighted by Crippen LogP contribution is 2.37. The molecular formula is C22H16N2O5. The highest BCUT2D eigenvalue weighted by atomic mass is 16.7. The Morgan fingerprint density at radius 1 is 0.931 bits per heavy atom. The maximum Gasteiger partial charge on any atom is 0.270 e. The Labute approximate surface area is 166 Å². The van der Waals surface area contributed by atoms with Crippen LogP contribution in [0.2, 0.25) is 0 Å². The van der Waals surface area contributed by atoms with E-state index in [9.17, 15) is 9.59 Å². The molecule has 2 heterocycles. The standard InChI is InChI=1S/C22H16N2O5/c25-21(14-6-8-18-19(10-14)28-12-27-18)23-15-7-9-17-16(11-15)24-22(26)20(29-17)13-4-2-1-3-5-13/h1-11,20H,12H2,(H,23,25)(H,24,26). The van der Waals surface area contributed by atoms with Gasteiger partial charge in [0.2, 0.25) is 12.9 Å². The van der Waals surface area contributed by atoms with Crippen molar-refractivity contribution < 1.29 is 23.8 Å². The highest BCUT2D eigenvalue weighted by molar-refractivity contribution is 6.05. The first kappa shape index (κ1) is 17.1. The minimum atomic E-state index is -0.710. The molecule has 0 spiro atoms. The smallest absolute Gasteiger partial charge is 0.270 e. The second-order valence-electron chi connectivity index (χ2n) is 6.63. The molecule has 144 valence electrons. The minimum absolute atomic E-state index is 0.148. The van der Waals surface area contributed by atoms with Crippen molar-refractivity contribution >= 4 is 23.2 Å². The van der Waals surface area contributed by atoms with Crippen LogP contribution in [0, 0.1) is 0 Å². The zero-order valence-electron chi connectivity index (χ0n) is 15.2. The Balaban J connectivity index is 1.34. The van der Waals surface area contributed by atoms with Crippen LogP contribution in [0.5, 0.6) is 17.2 Å². The molecule has 2 amide bonds.